The molecule has 3 aromatic carbocycles. The summed E-state index contributed by atoms with van der Waals surface area (Å²) in [5.74, 6) is -1.34. The van der Waals surface area contributed by atoms with Crippen LogP contribution in [0.4, 0.5) is 22.7 Å². The number of ether oxygens (including phenoxy) is 1. The summed E-state index contributed by atoms with van der Waals surface area (Å²) in [6.07, 6.45) is 0. The van der Waals surface area contributed by atoms with Crippen LogP contribution in [0.25, 0.3) is 0 Å². The zero-order valence-electron chi connectivity index (χ0n) is 15.3. The van der Waals surface area contributed by atoms with Crippen LogP contribution < -0.4 is 16.4 Å². The lowest BCUT2D eigenvalue weighted by Crippen LogP contribution is -2.18. The fraction of sp³-hybridized carbons (Fsp3) is 0.0476. The van der Waals surface area contributed by atoms with E-state index in [1.54, 1.807) is 12.1 Å². The van der Waals surface area contributed by atoms with Gasteiger partial charge in [-0.3, -0.25) is 4.79 Å². The number of rotatable bonds is 6. The van der Waals surface area contributed by atoms with Crippen molar-refractivity contribution in [2.24, 2.45) is 5.73 Å². The maximum absolute atomic E-state index is 12.3. The molecule has 0 atom stereocenters. The van der Waals surface area contributed by atoms with Crippen LogP contribution in [0.1, 0.15) is 20.7 Å². The van der Waals surface area contributed by atoms with E-state index in [0.29, 0.717) is 11.4 Å². The number of amides is 1. The van der Waals surface area contributed by atoms with Crippen molar-refractivity contribution in [3.05, 3.63) is 78.9 Å². The monoisotopic (exact) mass is 613 g/mol. The number of benzene rings is 3. The van der Waals surface area contributed by atoms with Gasteiger partial charge in [-0.05, 0) is 81.6 Å². The van der Waals surface area contributed by atoms with Crippen molar-refractivity contribution < 1.29 is 14.3 Å². The zero-order valence-corrected chi connectivity index (χ0v) is 19.6. The number of carbonyl (C=O) groups excluding carboxylic acids is 2. The normalized spacial score (nSPS) is 10.3. The summed E-state index contributed by atoms with van der Waals surface area (Å²) in [6.45, 7) is 0. The molecule has 0 bridgehead atoms. The predicted molar refractivity (Wildman–Crippen MR) is 131 cm³/mol. The summed E-state index contributed by atoms with van der Waals surface area (Å²) in [5, 5.41) is 6.66. The molecule has 1 amide bonds. The third-order valence-electron chi connectivity index (χ3n) is 4.11. The Morgan fingerprint density at radius 1 is 0.793 bits per heavy atom. The largest absolute Gasteiger partial charge is 0.465 e. The second kappa shape index (κ2) is 9.44. The molecular formula is C21H17I2N3O3. The molecule has 148 valence electrons. The lowest BCUT2D eigenvalue weighted by molar-refractivity contribution is 0.0597. The minimum atomic E-state index is -0.711. The number of primary amides is 1. The summed E-state index contributed by atoms with van der Waals surface area (Å²) in [4.78, 5) is 24.3. The molecule has 3 aromatic rings. The average molecular weight is 613 g/mol. The van der Waals surface area contributed by atoms with Crippen molar-refractivity contribution in [1.82, 2.24) is 0 Å². The SMILES string of the molecule is COC(=O)c1cc(Nc2ccccc2I)c(Nc2ccccc2I)cc1C(N)=O. The molecule has 0 radical (unpaired) electrons. The van der Waals surface area contributed by atoms with Crippen molar-refractivity contribution >= 4 is 79.8 Å². The van der Waals surface area contributed by atoms with Gasteiger partial charge >= 0.3 is 5.97 Å². The van der Waals surface area contributed by atoms with Crippen LogP contribution in [-0.2, 0) is 4.74 Å². The molecule has 0 aliphatic heterocycles. The van der Waals surface area contributed by atoms with E-state index >= 15 is 0 Å². The molecule has 0 heterocycles. The van der Waals surface area contributed by atoms with E-state index in [9.17, 15) is 9.59 Å². The van der Waals surface area contributed by atoms with Gasteiger partial charge in [-0.2, -0.15) is 0 Å². The number of nitrogens with two attached hydrogens (primary N) is 1. The van der Waals surface area contributed by atoms with Gasteiger partial charge in [-0.15, -0.1) is 0 Å². The number of methoxy groups -OCH3 is 1. The molecule has 0 aromatic heterocycles. The number of hydrogen-bond acceptors (Lipinski definition) is 5. The van der Waals surface area contributed by atoms with E-state index in [-0.39, 0.29) is 11.1 Å². The lowest BCUT2D eigenvalue weighted by Gasteiger charge is -2.18. The summed E-state index contributed by atoms with van der Waals surface area (Å²) in [5.41, 5.74) is 8.65. The van der Waals surface area contributed by atoms with Crippen LogP contribution in [-0.4, -0.2) is 19.0 Å². The molecule has 4 N–H and O–H groups in total. The predicted octanol–water partition coefficient (Wildman–Crippen LogP) is 5.27. The third-order valence-corrected chi connectivity index (χ3v) is 6.00. The zero-order chi connectivity index (χ0) is 21.0. The van der Waals surface area contributed by atoms with E-state index < -0.39 is 11.9 Å². The second-order valence-corrected chi connectivity index (χ2v) is 8.33. The second-order valence-electron chi connectivity index (χ2n) is 6.01. The van der Waals surface area contributed by atoms with E-state index in [0.717, 1.165) is 18.5 Å². The van der Waals surface area contributed by atoms with Crippen LogP contribution >= 0.6 is 45.2 Å². The van der Waals surface area contributed by atoms with Gasteiger partial charge in [0, 0.05) is 7.14 Å². The molecule has 0 spiro atoms. The van der Waals surface area contributed by atoms with Gasteiger partial charge in [0.15, 0.2) is 0 Å². The van der Waals surface area contributed by atoms with Crippen molar-refractivity contribution in [2.45, 2.75) is 0 Å². The van der Waals surface area contributed by atoms with Crippen molar-refractivity contribution in [2.75, 3.05) is 17.7 Å². The standard InChI is InChI=1S/C21H17I2N3O3/c1-29-21(28)13-11-19(26-17-9-5-3-7-15(17)23)18(10-12(13)20(24)27)25-16-8-4-2-6-14(16)22/h2-11,25-26H,1H3,(H2,24,27). The molecule has 0 unspecified atom stereocenters. The van der Waals surface area contributed by atoms with Gasteiger partial charge in [0.05, 0.1) is 41.0 Å². The summed E-state index contributed by atoms with van der Waals surface area (Å²) in [6, 6.07) is 18.6. The first-order valence-electron chi connectivity index (χ1n) is 8.50. The Morgan fingerprint density at radius 3 is 1.66 bits per heavy atom. The van der Waals surface area contributed by atoms with E-state index in [1.165, 1.54) is 7.11 Å². The molecule has 0 saturated carbocycles. The van der Waals surface area contributed by atoms with Crippen LogP contribution in [0.2, 0.25) is 0 Å². The van der Waals surface area contributed by atoms with Crippen molar-refractivity contribution in [3.8, 4) is 0 Å². The Bertz CT molecular complexity index is 1090. The Kier molecular flexibility index (Phi) is 6.96. The number of halogens is 2. The molecule has 0 fully saturated rings. The maximum Gasteiger partial charge on any atom is 0.338 e. The van der Waals surface area contributed by atoms with Gasteiger partial charge in [0.1, 0.15) is 0 Å². The minimum Gasteiger partial charge on any atom is -0.465 e. The third kappa shape index (κ3) is 4.99. The first-order valence-corrected chi connectivity index (χ1v) is 10.7. The Morgan fingerprint density at radius 2 is 1.24 bits per heavy atom. The maximum atomic E-state index is 12.3. The van der Waals surface area contributed by atoms with E-state index in [2.05, 4.69) is 55.8 Å². The lowest BCUT2D eigenvalue weighted by atomic mass is 10.0. The highest BCUT2D eigenvalue weighted by molar-refractivity contribution is 14.1. The fourth-order valence-electron chi connectivity index (χ4n) is 2.70. The number of para-hydroxylation sites is 2. The summed E-state index contributed by atoms with van der Waals surface area (Å²) < 4.78 is 6.84. The number of hydrogen-bond donors (Lipinski definition) is 3. The van der Waals surface area contributed by atoms with Crippen LogP contribution in [0.3, 0.4) is 0 Å². The van der Waals surface area contributed by atoms with Crippen molar-refractivity contribution in [1.29, 1.82) is 0 Å². The van der Waals surface area contributed by atoms with Gasteiger partial charge in [0.25, 0.3) is 0 Å². The van der Waals surface area contributed by atoms with Crippen molar-refractivity contribution in [3.63, 3.8) is 0 Å². The number of nitrogens with one attached hydrogen (secondary N) is 2. The average Bonchev–Trinajstić information content (AvgIpc) is 2.71. The number of esters is 1. The first-order chi connectivity index (χ1) is 13.9. The van der Waals surface area contributed by atoms with Crippen LogP contribution in [0.15, 0.2) is 60.7 Å². The minimum absolute atomic E-state index is 0.0820. The molecule has 0 aliphatic rings. The summed E-state index contributed by atoms with van der Waals surface area (Å²) >= 11 is 4.45. The highest BCUT2D eigenvalue weighted by Gasteiger charge is 2.20. The quantitative estimate of drug-likeness (QED) is 0.261. The van der Waals surface area contributed by atoms with Crippen LogP contribution in [0.5, 0.6) is 0 Å². The molecule has 8 heteroatoms. The molecular weight excluding hydrogens is 596 g/mol. The smallest absolute Gasteiger partial charge is 0.338 e. The molecule has 0 saturated heterocycles. The van der Waals surface area contributed by atoms with Gasteiger partial charge < -0.3 is 21.1 Å². The Hall–Kier alpha value is -2.34. The topological polar surface area (TPSA) is 93.4 Å². The molecule has 3 rings (SSSR count). The Balaban J connectivity index is 2.16. The van der Waals surface area contributed by atoms with Crippen LogP contribution in [0, 0.1) is 7.14 Å². The Labute approximate surface area is 195 Å². The molecule has 29 heavy (non-hydrogen) atoms. The molecule has 0 aliphatic carbocycles. The number of carbonyl (C=O) groups is 2. The van der Waals surface area contributed by atoms with Gasteiger partial charge in [0.2, 0.25) is 5.91 Å². The first kappa shape index (κ1) is 21.4. The van der Waals surface area contributed by atoms with Gasteiger partial charge in [-0.25, -0.2) is 4.79 Å². The van der Waals surface area contributed by atoms with E-state index in [1.807, 2.05) is 48.5 Å². The fourth-order valence-corrected chi connectivity index (χ4v) is 3.75. The molecule has 6 nitrogen and oxygen atoms in total. The summed E-state index contributed by atoms with van der Waals surface area (Å²) in [7, 11) is 1.26. The van der Waals surface area contributed by atoms with E-state index in [4.69, 9.17) is 10.5 Å². The highest BCUT2D eigenvalue weighted by Crippen LogP contribution is 2.34. The van der Waals surface area contributed by atoms with Gasteiger partial charge in [-0.1, -0.05) is 24.3 Å². The number of anilines is 4. The highest BCUT2D eigenvalue weighted by atomic mass is 127.